The number of ether oxygens (including phenoxy) is 1. The number of hydrogen-bond acceptors (Lipinski definition) is 3. The van der Waals surface area contributed by atoms with Crippen molar-refractivity contribution in [2.45, 2.75) is 40.2 Å². The number of hydrogen-bond donors (Lipinski definition) is 1. The predicted octanol–water partition coefficient (Wildman–Crippen LogP) is 4.37. The van der Waals surface area contributed by atoms with Gasteiger partial charge in [-0.1, -0.05) is 13.0 Å². The number of aromatic nitrogens is 2. The second-order valence-electron chi connectivity index (χ2n) is 6.52. The first-order chi connectivity index (χ1) is 12.9. The lowest BCUT2D eigenvalue weighted by Crippen LogP contribution is -2.28. The zero-order chi connectivity index (χ0) is 19.6. The summed E-state index contributed by atoms with van der Waals surface area (Å²) in [7, 11) is 0. The fourth-order valence-corrected chi connectivity index (χ4v) is 3.23. The van der Waals surface area contributed by atoms with Crippen LogP contribution in [0.1, 0.15) is 53.6 Å². The van der Waals surface area contributed by atoms with Crippen LogP contribution in [0.3, 0.4) is 0 Å². The molecular formula is C21H24FN3O2. The van der Waals surface area contributed by atoms with E-state index < -0.39 is 5.82 Å². The Hall–Kier alpha value is -2.89. The standard InChI is InChI=1S/C21H24FN3O2/c1-5-18(15-7-8-19(27-6-2)17(22)12-15)24-21(26)16-9-10-25-14(4)11-13(3)23-20(16)25/h7-12,18H,5-6H2,1-4H3,(H,24,26). The van der Waals surface area contributed by atoms with Gasteiger partial charge in [0.2, 0.25) is 0 Å². The Balaban J connectivity index is 1.87. The van der Waals surface area contributed by atoms with Gasteiger partial charge in [-0.3, -0.25) is 4.79 Å². The van der Waals surface area contributed by atoms with Gasteiger partial charge < -0.3 is 14.5 Å². The summed E-state index contributed by atoms with van der Waals surface area (Å²) in [4.78, 5) is 17.4. The van der Waals surface area contributed by atoms with Crippen LogP contribution in [0.2, 0.25) is 0 Å². The van der Waals surface area contributed by atoms with Crippen molar-refractivity contribution in [2.24, 2.45) is 0 Å². The summed E-state index contributed by atoms with van der Waals surface area (Å²) >= 11 is 0. The van der Waals surface area contributed by atoms with Crippen molar-refractivity contribution in [3.63, 3.8) is 0 Å². The number of nitrogens with one attached hydrogen (secondary N) is 1. The van der Waals surface area contributed by atoms with Crippen LogP contribution in [-0.2, 0) is 0 Å². The molecule has 3 rings (SSSR count). The molecule has 3 aromatic rings. The molecule has 142 valence electrons. The van der Waals surface area contributed by atoms with Crippen molar-refractivity contribution in [3.8, 4) is 5.75 Å². The van der Waals surface area contributed by atoms with Crippen molar-refractivity contribution in [1.82, 2.24) is 14.7 Å². The topological polar surface area (TPSA) is 55.6 Å². The van der Waals surface area contributed by atoms with E-state index in [4.69, 9.17) is 4.74 Å². The Morgan fingerprint density at radius 3 is 2.70 bits per heavy atom. The average molecular weight is 369 g/mol. The highest BCUT2D eigenvalue weighted by atomic mass is 19.1. The molecule has 1 unspecified atom stereocenters. The van der Waals surface area contributed by atoms with Crippen molar-refractivity contribution in [2.75, 3.05) is 6.61 Å². The van der Waals surface area contributed by atoms with Crippen molar-refractivity contribution < 1.29 is 13.9 Å². The van der Waals surface area contributed by atoms with E-state index in [9.17, 15) is 9.18 Å². The molecule has 0 radical (unpaired) electrons. The van der Waals surface area contributed by atoms with Gasteiger partial charge in [0.1, 0.15) is 5.65 Å². The maximum Gasteiger partial charge on any atom is 0.255 e. The number of carbonyl (C=O) groups is 1. The first-order valence-corrected chi connectivity index (χ1v) is 9.13. The van der Waals surface area contributed by atoms with Crippen molar-refractivity contribution in [3.05, 3.63) is 64.9 Å². The molecule has 1 amide bonds. The zero-order valence-electron chi connectivity index (χ0n) is 16.0. The van der Waals surface area contributed by atoms with Crippen LogP contribution in [0.4, 0.5) is 4.39 Å². The summed E-state index contributed by atoms with van der Waals surface area (Å²) in [5.41, 5.74) is 3.70. The SMILES string of the molecule is CCOc1ccc(C(CC)NC(=O)c2ccn3c(C)cc(C)nc23)cc1F. The van der Waals surface area contributed by atoms with Crippen LogP contribution in [0, 0.1) is 19.7 Å². The third-order valence-corrected chi connectivity index (χ3v) is 4.56. The van der Waals surface area contributed by atoms with Gasteiger partial charge in [0.05, 0.1) is 18.2 Å². The molecule has 0 aliphatic heterocycles. The summed E-state index contributed by atoms with van der Waals surface area (Å²) in [5.74, 6) is -0.434. The maximum absolute atomic E-state index is 14.2. The van der Waals surface area contributed by atoms with Gasteiger partial charge in [0.25, 0.3) is 5.91 Å². The Bertz CT molecular complexity index is 981. The molecule has 0 saturated carbocycles. The van der Waals surface area contributed by atoms with Crippen LogP contribution in [0.15, 0.2) is 36.5 Å². The molecule has 2 heterocycles. The molecule has 2 aromatic heterocycles. The summed E-state index contributed by atoms with van der Waals surface area (Å²) in [5, 5.41) is 3.00. The Labute approximate surface area is 158 Å². The molecule has 0 saturated heterocycles. The number of benzene rings is 1. The molecule has 0 spiro atoms. The van der Waals surface area contributed by atoms with Crippen molar-refractivity contribution >= 4 is 11.6 Å². The molecule has 0 aliphatic rings. The van der Waals surface area contributed by atoms with Crippen LogP contribution in [0.25, 0.3) is 5.65 Å². The van der Waals surface area contributed by atoms with E-state index in [1.807, 2.05) is 44.4 Å². The average Bonchev–Trinajstić information content (AvgIpc) is 3.05. The number of amides is 1. The normalized spacial score (nSPS) is 12.2. The summed E-state index contributed by atoms with van der Waals surface area (Å²) in [6.07, 6.45) is 2.47. The Kier molecular flexibility index (Phi) is 5.44. The quantitative estimate of drug-likeness (QED) is 0.702. The van der Waals surface area contributed by atoms with E-state index in [0.29, 0.717) is 29.8 Å². The maximum atomic E-state index is 14.2. The lowest BCUT2D eigenvalue weighted by Gasteiger charge is -2.18. The zero-order valence-corrected chi connectivity index (χ0v) is 16.0. The van der Waals surface area contributed by atoms with Crippen LogP contribution in [0.5, 0.6) is 5.75 Å². The fourth-order valence-electron chi connectivity index (χ4n) is 3.23. The smallest absolute Gasteiger partial charge is 0.255 e. The first kappa shape index (κ1) is 18.9. The lowest BCUT2D eigenvalue weighted by molar-refractivity contribution is 0.0937. The fraction of sp³-hybridized carbons (Fsp3) is 0.333. The third-order valence-electron chi connectivity index (χ3n) is 4.56. The van der Waals surface area contributed by atoms with E-state index in [2.05, 4.69) is 10.3 Å². The van der Waals surface area contributed by atoms with Gasteiger partial charge in [0, 0.05) is 17.6 Å². The number of halogens is 1. The van der Waals surface area contributed by atoms with E-state index >= 15 is 0 Å². The van der Waals surface area contributed by atoms with Gasteiger partial charge in [-0.15, -0.1) is 0 Å². The molecule has 1 atom stereocenters. The van der Waals surface area contributed by atoms with Gasteiger partial charge in [-0.2, -0.15) is 0 Å². The number of nitrogens with zero attached hydrogens (tertiary/aromatic N) is 2. The van der Waals surface area contributed by atoms with E-state index in [1.165, 1.54) is 6.07 Å². The third kappa shape index (κ3) is 3.79. The molecule has 1 aromatic carbocycles. The lowest BCUT2D eigenvalue weighted by atomic mass is 10.0. The van der Waals surface area contributed by atoms with Gasteiger partial charge in [0.15, 0.2) is 11.6 Å². The second kappa shape index (κ2) is 7.78. The summed E-state index contributed by atoms with van der Waals surface area (Å²) in [6, 6.07) is 8.23. The van der Waals surface area contributed by atoms with Gasteiger partial charge in [-0.25, -0.2) is 9.37 Å². The minimum absolute atomic E-state index is 0.219. The summed E-state index contributed by atoms with van der Waals surface area (Å²) in [6.45, 7) is 8.03. The number of carbonyl (C=O) groups excluding carboxylic acids is 1. The van der Waals surface area contributed by atoms with Crippen LogP contribution in [-0.4, -0.2) is 21.9 Å². The first-order valence-electron chi connectivity index (χ1n) is 9.13. The molecule has 0 fully saturated rings. The highest BCUT2D eigenvalue weighted by Gasteiger charge is 2.19. The highest BCUT2D eigenvalue weighted by molar-refractivity contribution is 6.00. The largest absolute Gasteiger partial charge is 0.491 e. The second-order valence-corrected chi connectivity index (χ2v) is 6.52. The van der Waals surface area contributed by atoms with E-state index in [1.54, 1.807) is 18.2 Å². The molecule has 6 heteroatoms. The highest BCUT2D eigenvalue weighted by Crippen LogP contribution is 2.25. The molecular weight excluding hydrogens is 345 g/mol. The van der Waals surface area contributed by atoms with Gasteiger partial charge >= 0.3 is 0 Å². The monoisotopic (exact) mass is 369 g/mol. The molecule has 0 aliphatic carbocycles. The van der Waals surface area contributed by atoms with E-state index in [-0.39, 0.29) is 17.7 Å². The molecule has 1 N–H and O–H groups in total. The van der Waals surface area contributed by atoms with Crippen LogP contribution < -0.4 is 10.1 Å². The molecule has 27 heavy (non-hydrogen) atoms. The number of aryl methyl sites for hydroxylation is 2. The number of fused-ring (bicyclic) bond motifs is 1. The van der Waals surface area contributed by atoms with Crippen LogP contribution >= 0.6 is 0 Å². The minimum Gasteiger partial charge on any atom is -0.491 e. The van der Waals surface area contributed by atoms with Crippen molar-refractivity contribution in [1.29, 1.82) is 0 Å². The molecule has 5 nitrogen and oxygen atoms in total. The number of rotatable bonds is 6. The molecule has 0 bridgehead atoms. The summed E-state index contributed by atoms with van der Waals surface area (Å²) < 4.78 is 21.3. The Morgan fingerprint density at radius 1 is 1.26 bits per heavy atom. The van der Waals surface area contributed by atoms with Gasteiger partial charge in [-0.05, 0) is 57.0 Å². The van der Waals surface area contributed by atoms with E-state index in [0.717, 1.165) is 11.4 Å². The predicted molar refractivity (Wildman–Crippen MR) is 103 cm³/mol. The Morgan fingerprint density at radius 2 is 2.04 bits per heavy atom. The minimum atomic E-state index is -0.427.